The van der Waals surface area contributed by atoms with Crippen LogP contribution in [0.25, 0.3) is 11.2 Å². The molecule has 5 atom stereocenters. The molecule has 0 amide bonds. The molecule has 3 N–H and O–H groups in total. The molecule has 2 aliphatic heterocycles. The molecule has 4 heterocycles. The van der Waals surface area contributed by atoms with Crippen molar-refractivity contribution < 1.29 is 27.7 Å². The van der Waals surface area contributed by atoms with Crippen LogP contribution in [0.1, 0.15) is 27.0 Å². The van der Waals surface area contributed by atoms with Gasteiger partial charge in [-0.3, -0.25) is 13.6 Å². The van der Waals surface area contributed by atoms with Gasteiger partial charge in [0.2, 0.25) is 0 Å². The van der Waals surface area contributed by atoms with E-state index in [2.05, 4.69) is 64.7 Å². The molecule has 30 heavy (non-hydrogen) atoms. The van der Waals surface area contributed by atoms with Gasteiger partial charge in [0, 0.05) is 0 Å². The number of halogens is 1. The van der Waals surface area contributed by atoms with Crippen LogP contribution in [0, 0.1) is 0 Å². The summed E-state index contributed by atoms with van der Waals surface area (Å²) in [4.78, 5) is 22.6. The number of hydrogen-bond acceptors (Lipinski definition) is 9. The quantitative estimate of drug-likeness (QED) is 0.351. The fraction of sp³-hybridized carbons (Fsp3) is 0.688. The molecule has 0 radical (unpaired) electrons. The summed E-state index contributed by atoms with van der Waals surface area (Å²) in [6.07, 6.45) is -1.47. The zero-order valence-corrected chi connectivity index (χ0v) is 20.8. The Morgan fingerprint density at radius 1 is 1.40 bits per heavy atom. The highest BCUT2D eigenvalue weighted by Gasteiger charge is 2.56. The predicted molar refractivity (Wildman–Crippen MR) is 114 cm³/mol. The first kappa shape index (κ1) is 22.3. The standard InChI is InChI=1S/C16H25BrN5O6PSi/c1-16(2,3)30(4,5)28-11-10-8(6-25-29(23,24)27-10)26-14(11)22-13-9(21-15(22)17)12(18)19-7-20-13/h7-8,10-11,14H,6H2,1-5H3,(H,23,24)(H2,18,19,20)/t8-,10-,11-,14-/m1/s1. The lowest BCUT2D eigenvalue weighted by molar-refractivity contribution is -0.0669. The topological polar surface area (TPSA) is 144 Å². The van der Waals surface area contributed by atoms with E-state index < -0.39 is 40.7 Å². The molecular weight excluding hydrogens is 497 g/mol. The third kappa shape index (κ3) is 3.75. The summed E-state index contributed by atoms with van der Waals surface area (Å²) in [5.41, 5.74) is 6.82. The maximum absolute atomic E-state index is 12.1. The normalized spacial score (nSPS) is 32.5. The molecule has 2 fully saturated rings. The van der Waals surface area contributed by atoms with Crippen molar-refractivity contribution in [2.75, 3.05) is 12.3 Å². The van der Waals surface area contributed by atoms with E-state index >= 15 is 0 Å². The molecule has 0 aliphatic carbocycles. The van der Waals surface area contributed by atoms with Crippen molar-refractivity contribution in [1.29, 1.82) is 0 Å². The fourth-order valence-corrected chi connectivity index (χ4v) is 6.09. The van der Waals surface area contributed by atoms with E-state index in [4.69, 9.17) is 23.9 Å². The third-order valence-electron chi connectivity index (χ3n) is 5.90. The van der Waals surface area contributed by atoms with Crippen molar-refractivity contribution in [2.24, 2.45) is 0 Å². The highest BCUT2D eigenvalue weighted by Crippen LogP contribution is 2.54. The molecule has 1 unspecified atom stereocenters. The van der Waals surface area contributed by atoms with Crippen LogP contribution in [0.3, 0.4) is 0 Å². The average Bonchev–Trinajstić information content (AvgIpc) is 3.11. The summed E-state index contributed by atoms with van der Waals surface area (Å²) < 4.78 is 37.5. The SMILES string of the molecule is CC(C)(C)[Si](C)(C)O[C@@H]1[C@@H]2OP(=O)(O)OC[C@H]2O[C@H]1n1c(Br)nc2c(N)ncnc21. The first-order valence-electron chi connectivity index (χ1n) is 9.44. The molecule has 2 saturated heterocycles. The number of aromatic nitrogens is 4. The Balaban J connectivity index is 1.81. The molecule has 4 rings (SSSR count). The molecule has 2 aromatic heterocycles. The van der Waals surface area contributed by atoms with Gasteiger partial charge in [0.15, 0.2) is 36.3 Å². The van der Waals surface area contributed by atoms with Crippen molar-refractivity contribution in [3.05, 3.63) is 11.1 Å². The number of nitrogens with two attached hydrogens (primary N) is 1. The molecule has 0 saturated carbocycles. The Morgan fingerprint density at radius 3 is 2.77 bits per heavy atom. The van der Waals surface area contributed by atoms with Gasteiger partial charge in [-0.25, -0.2) is 19.5 Å². The second-order valence-corrected chi connectivity index (χ2v) is 15.8. The molecule has 2 aliphatic rings. The molecule has 166 valence electrons. The number of phosphoric acid groups is 1. The average molecular weight is 522 g/mol. The van der Waals surface area contributed by atoms with Crippen LogP contribution in [0.2, 0.25) is 18.1 Å². The summed E-state index contributed by atoms with van der Waals surface area (Å²) in [6, 6.07) is 0. The van der Waals surface area contributed by atoms with E-state index in [9.17, 15) is 9.46 Å². The number of imidazole rings is 1. The van der Waals surface area contributed by atoms with Crippen LogP contribution in [0.15, 0.2) is 11.1 Å². The second kappa shape index (κ2) is 7.31. The third-order valence-corrected chi connectivity index (χ3v) is 11.9. The second-order valence-electron chi connectivity index (χ2n) is 8.92. The minimum Gasteiger partial charge on any atom is -0.407 e. The first-order chi connectivity index (χ1) is 13.8. The zero-order valence-electron chi connectivity index (χ0n) is 17.3. The number of rotatable bonds is 3. The number of nitrogen functional groups attached to an aromatic ring is 1. The van der Waals surface area contributed by atoms with E-state index in [1.165, 1.54) is 6.33 Å². The Hall–Kier alpha value is -0.923. The molecule has 14 heteroatoms. The van der Waals surface area contributed by atoms with Gasteiger partial charge < -0.3 is 19.8 Å². The van der Waals surface area contributed by atoms with E-state index in [1.807, 2.05) is 0 Å². The van der Waals surface area contributed by atoms with Crippen LogP contribution in [-0.2, 0) is 22.8 Å². The predicted octanol–water partition coefficient (Wildman–Crippen LogP) is 2.97. The van der Waals surface area contributed by atoms with Crippen LogP contribution >= 0.6 is 23.8 Å². The molecule has 0 aromatic carbocycles. The van der Waals surface area contributed by atoms with Crippen LogP contribution in [-0.4, -0.2) is 57.6 Å². The smallest absolute Gasteiger partial charge is 0.407 e. The number of nitrogens with zero attached hydrogens (tertiary/aromatic N) is 4. The number of phosphoric ester groups is 1. The van der Waals surface area contributed by atoms with Crippen LogP contribution in [0.4, 0.5) is 5.82 Å². The number of hydrogen-bond donors (Lipinski definition) is 2. The number of anilines is 1. The zero-order chi connectivity index (χ0) is 22.1. The minimum atomic E-state index is -4.20. The van der Waals surface area contributed by atoms with E-state index in [-0.39, 0.29) is 17.5 Å². The molecule has 0 bridgehead atoms. The maximum atomic E-state index is 12.1. The van der Waals surface area contributed by atoms with Crippen LogP contribution in [0.5, 0.6) is 0 Å². The van der Waals surface area contributed by atoms with Gasteiger partial charge in [-0.15, -0.1) is 0 Å². The summed E-state index contributed by atoms with van der Waals surface area (Å²) >= 11 is 3.45. The van der Waals surface area contributed by atoms with Gasteiger partial charge in [0.25, 0.3) is 0 Å². The first-order valence-corrected chi connectivity index (χ1v) is 14.6. The van der Waals surface area contributed by atoms with Gasteiger partial charge in [0.05, 0.1) is 6.61 Å². The van der Waals surface area contributed by atoms with Gasteiger partial charge in [0.1, 0.15) is 24.6 Å². The summed E-state index contributed by atoms with van der Waals surface area (Å²) in [6.45, 7) is 10.4. The Bertz CT molecular complexity index is 1030. The van der Waals surface area contributed by atoms with Crippen molar-refractivity contribution in [3.8, 4) is 0 Å². The van der Waals surface area contributed by atoms with E-state index in [1.54, 1.807) is 4.57 Å². The number of fused-ring (bicyclic) bond motifs is 2. The van der Waals surface area contributed by atoms with Crippen molar-refractivity contribution in [1.82, 2.24) is 19.5 Å². The summed E-state index contributed by atoms with van der Waals surface area (Å²) in [7, 11) is -6.52. The minimum absolute atomic E-state index is 0.0896. The molecular formula is C16H25BrN5O6PSi. The van der Waals surface area contributed by atoms with Gasteiger partial charge >= 0.3 is 7.82 Å². The van der Waals surface area contributed by atoms with Gasteiger partial charge in [-0.05, 0) is 34.1 Å². The lowest BCUT2D eigenvalue weighted by Crippen LogP contribution is -2.50. The summed E-state index contributed by atoms with van der Waals surface area (Å²) in [5.74, 6) is 0.233. The lowest BCUT2D eigenvalue weighted by atomic mass is 10.1. The van der Waals surface area contributed by atoms with Gasteiger partial charge in [-0.1, -0.05) is 20.8 Å². The highest BCUT2D eigenvalue weighted by molar-refractivity contribution is 9.10. The van der Waals surface area contributed by atoms with Crippen molar-refractivity contribution in [2.45, 2.75) is 63.4 Å². The molecule has 11 nitrogen and oxygen atoms in total. The van der Waals surface area contributed by atoms with Gasteiger partial charge in [-0.2, -0.15) is 0 Å². The molecule has 2 aromatic rings. The number of ether oxygens (including phenoxy) is 1. The monoisotopic (exact) mass is 521 g/mol. The Labute approximate surface area is 183 Å². The highest BCUT2D eigenvalue weighted by atomic mass is 79.9. The fourth-order valence-electron chi connectivity index (χ4n) is 3.30. The Morgan fingerprint density at radius 2 is 2.10 bits per heavy atom. The maximum Gasteiger partial charge on any atom is 0.472 e. The van der Waals surface area contributed by atoms with E-state index in [0.29, 0.717) is 15.9 Å². The van der Waals surface area contributed by atoms with Crippen LogP contribution < -0.4 is 5.73 Å². The summed E-state index contributed by atoms with van der Waals surface area (Å²) in [5, 5.41) is -0.107. The Kier molecular flexibility index (Phi) is 5.43. The van der Waals surface area contributed by atoms with Crippen molar-refractivity contribution >= 4 is 49.1 Å². The lowest BCUT2D eigenvalue weighted by Gasteiger charge is -2.41. The molecule has 0 spiro atoms. The van der Waals surface area contributed by atoms with E-state index in [0.717, 1.165) is 0 Å². The van der Waals surface area contributed by atoms with Crippen molar-refractivity contribution in [3.63, 3.8) is 0 Å². The largest absolute Gasteiger partial charge is 0.472 e.